The first-order valence-electron chi connectivity index (χ1n) is 8.98. The summed E-state index contributed by atoms with van der Waals surface area (Å²) in [6.07, 6.45) is 1.29. The number of hydrogen-bond acceptors (Lipinski definition) is 5. The van der Waals surface area contributed by atoms with Crippen LogP contribution in [0.15, 0.2) is 71.3 Å². The van der Waals surface area contributed by atoms with Crippen LogP contribution in [0.3, 0.4) is 0 Å². The third kappa shape index (κ3) is 3.39. The monoisotopic (exact) mass is 422 g/mol. The van der Waals surface area contributed by atoms with Gasteiger partial charge in [0.25, 0.3) is 17.7 Å². The number of thiocarbonyl (C=S) groups is 1. The van der Waals surface area contributed by atoms with Gasteiger partial charge in [0.05, 0.1) is 23.0 Å². The van der Waals surface area contributed by atoms with Crippen molar-refractivity contribution in [3.05, 3.63) is 72.1 Å². The molecular formula is C21H15FN4O3S. The minimum absolute atomic E-state index is 0.122. The Bertz CT molecular complexity index is 1130. The average molecular weight is 422 g/mol. The molecule has 4 rings (SSSR count). The standard InChI is InChI=1S/C21H15FN4O3S/c1-12-16(20(29)26(24-12)15-5-3-2-4-6-15)11-17-18(27)23-21(30)25(19(17)28)14-9-7-13(22)8-10-14/h2-11,16H,1H3,(H,23,27,30)/b17-11+/t16-/m0/s1. The van der Waals surface area contributed by atoms with E-state index in [1.807, 2.05) is 6.07 Å². The van der Waals surface area contributed by atoms with Gasteiger partial charge in [-0.1, -0.05) is 18.2 Å². The SMILES string of the molecule is CC1=NN(c2ccccc2)C(=O)[C@H]1/C=C1\C(=O)NC(=S)N(c2ccc(F)cc2)C1=O. The van der Waals surface area contributed by atoms with Crippen LogP contribution in [-0.4, -0.2) is 28.5 Å². The molecule has 9 heteroatoms. The fourth-order valence-electron chi connectivity index (χ4n) is 3.19. The van der Waals surface area contributed by atoms with Crippen LogP contribution in [0.5, 0.6) is 0 Å². The van der Waals surface area contributed by atoms with Crippen molar-refractivity contribution in [3.63, 3.8) is 0 Å². The van der Waals surface area contributed by atoms with Crippen LogP contribution in [0.25, 0.3) is 0 Å². The van der Waals surface area contributed by atoms with Crippen LogP contribution < -0.4 is 15.2 Å². The van der Waals surface area contributed by atoms with Crippen molar-refractivity contribution in [2.24, 2.45) is 11.0 Å². The van der Waals surface area contributed by atoms with Crippen molar-refractivity contribution >= 4 is 52.1 Å². The van der Waals surface area contributed by atoms with Crippen molar-refractivity contribution < 1.29 is 18.8 Å². The molecule has 1 fully saturated rings. The molecule has 2 aliphatic heterocycles. The highest BCUT2D eigenvalue weighted by atomic mass is 32.1. The van der Waals surface area contributed by atoms with Gasteiger partial charge in [-0.15, -0.1) is 0 Å². The summed E-state index contributed by atoms with van der Waals surface area (Å²) in [6, 6.07) is 13.9. The number of carbonyl (C=O) groups is 3. The summed E-state index contributed by atoms with van der Waals surface area (Å²) in [6.45, 7) is 1.65. The number of amides is 3. The lowest BCUT2D eigenvalue weighted by Crippen LogP contribution is -2.54. The maximum Gasteiger partial charge on any atom is 0.269 e. The zero-order chi connectivity index (χ0) is 21.4. The highest BCUT2D eigenvalue weighted by molar-refractivity contribution is 7.80. The van der Waals surface area contributed by atoms with Gasteiger partial charge in [-0.25, -0.2) is 4.39 Å². The normalized spacial score (nSPS) is 20.7. The van der Waals surface area contributed by atoms with E-state index in [9.17, 15) is 18.8 Å². The maximum atomic E-state index is 13.2. The Morgan fingerprint density at radius 3 is 2.37 bits per heavy atom. The van der Waals surface area contributed by atoms with E-state index in [0.717, 1.165) is 4.90 Å². The van der Waals surface area contributed by atoms with Crippen LogP contribution in [0.2, 0.25) is 0 Å². The lowest BCUT2D eigenvalue weighted by atomic mass is 9.98. The van der Waals surface area contributed by atoms with E-state index >= 15 is 0 Å². The summed E-state index contributed by atoms with van der Waals surface area (Å²) >= 11 is 5.11. The van der Waals surface area contributed by atoms with Gasteiger partial charge in [0.15, 0.2) is 5.11 Å². The number of carbonyl (C=O) groups excluding carboxylic acids is 3. The third-order valence-corrected chi connectivity index (χ3v) is 4.99. The molecule has 30 heavy (non-hydrogen) atoms. The second kappa shape index (κ2) is 7.60. The van der Waals surface area contributed by atoms with Gasteiger partial charge in [0.2, 0.25) is 0 Å². The summed E-state index contributed by atoms with van der Waals surface area (Å²) in [4.78, 5) is 39.5. The summed E-state index contributed by atoms with van der Waals surface area (Å²) in [7, 11) is 0. The van der Waals surface area contributed by atoms with Gasteiger partial charge < -0.3 is 0 Å². The number of halogens is 1. The molecule has 1 atom stereocenters. The summed E-state index contributed by atoms with van der Waals surface area (Å²) in [5.41, 5.74) is 1.08. The second-order valence-corrected chi connectivity index (χ2v) is 7.05. The first-order valence-corrected chi connectivity index (χ1v) is 9.39. The second-order valence-electron chi connectivity index (χ2n) is 6.66. The van der Waals surface area contributed by atoms with Crippen molar-refractivity contribution in [1.82, 2.24) is 5.32 Å². The predicted octanol–water partition coefficient (Wildman–Crippen LogP) is 2.54. The molecule has 2 aromatic rings. The van der Waals surface area contributed by atoms with Gasteiger partial charge in [0, 0.05) is 0 Å². The Balaban J connectivity index is 1.67. The quantitative estimate of drug-likeness (QED) is 0.468. The summed E-state index contributed by atoms with van der Waals surface area (Å²) in [5, 5.41) is 7.83. The molecule has 0 aliphatic carbocycles. The number of hydrogen-bond donors (Lipinski definition) is 1. The number of hydrazone groups is 1. The Morgan fingerprint density at radius 1 is 1.03 bits per heavy atom. The fourth-order valence-corrected chi connectivity index (χ4v) is 3.48. The molecule has 2 aliphatic rings. The van der Waals surface area contributed by atoms with Crippen LogP contribution in [-0.2, 0) is 14.4 Å². The molecule has 7 nitrogen and oxygen atoms in total. The number of benzene rings is 2. The van der Waals surface area contributed by atoms with Crippen molar-refractivity contribution in [2.45, 2.75) is 6.92 Å². The smallest absolute Gasteiger partial charge is 0.269 e. The molecule has 1 N–H and O–H groups in total. The van der Waals surface area contributed by atoms with Crippen LogP contribution >= 0.6 is 12.2 Å². The van der Waals surface area contributed by atoms with E-state index in [4.69, 9.17) is 12.2 Å². The molecule has 0 unspecified atom stereocenters. The highest BCUT2D eigenvalue weighted by Crippen LogP contribution is 2.27. The van der Waals surface area contributed by atoms with Gasteiger partial charge in [-0.3, -0.25) is 24.6 Å². The van der Waals surface area contributed by atoms with E-state index in [1.165, 1.54) is 35.4 Å². The van der Waals surface area contributed by atoms with Gasteiger partial charge in [-0.05, 0) is 61.6 Å². The Kier molecular flexibility index (Phi) is 4.96. The summed E-state index contributed by atoms with van der Waals surface area (Å²) in [5.74, 6) is -3.14. The molecule has 0 spiro atoms. The van der Waals surface area contributed by atoms with Crippen LogP contribution in [0, 0.1) is 11.7 Å². The first kappa shape index (κ1) is 19.6. The topological polar surface area (TPSA) is 82.1 Å². The Hall–Kier alpha value is -3.72. The van der Waals surface area contributed by atoms with Crippen molar-refractivity contribution in [2.75, 3.05) is 9.91 Å². The molecule has 2 heterocycles. The van der Waals surface area contributed by atoms with E-state index < -0.39 is 23.5 Å². The highest BCUT2D eigenvalue weighted by Gasteiger charge is 2.39. The minimum Gasteiger partial charge on any atom is -0.298 e. The zero-order valence-corrected chi connectivity index (χ0v) is 16.5. The Morgan fingerprint density at radius 2 is 1.70 bits per heavy atom. The molecule has 150 valence electrons. The molecule has 3 amide bonds. The molecular weight excluding hydrogens is 407 g/mol. The zero-order valence-electron chi connectivity index (χ0n) is 15.7. The van der Waals surface area contributed by atoms with E-state index in [2.05, 4.69) is 10.4 Å². The number of nitrogens with one attached hydrogen (secondary N) is 1. The predicted molar refractivity (Wildman–Crippen MR) is 113 cm³/mol. The number of para-hydroxylation sites is 1. The van der Waals surface area contributed by atoms with E-state index in [0.29, 0.717) is 17.1 Å². The summed E-state index contributed by atoms with van der Waals surface area (Å²) < 4.78 is 13.2. The number of anilines is 2. The Labute approximate surface area is 176 Å². The fraction of sp³-hybridized carbons (Fsp3) is 0.0952. The molecule has 1 saturated heterocycles. The van der Waals surface area contributed by atoms with Crippen molar-refractivity contribution in [3.8, 4) is 0 Å². The lowest BCUT2D eigenvalue weighted by Gasteiger charge is -2.29. The van der Waals surface area contributed by atoms with Gasteiger partial charge >= 0.3 is 0 Å². The van der Waals surface area contributed by atoms with Crippen LogP contribution in [0.1, 0.15) is 6.92 Å². The third-order valence-electron chi connectivity index (χ3n) is 4.70. The van der Waals surface area contributed by atoms with Gasteiger partial charge in [-0.2, -0.15) is 10.1 Å². The minimum atomic E-state index is -0.878. The van der Waals surface area contributed by atoms with Crippen molar-refractivity contribution in [1.29, 1.82) is 0 Å². The lowest BCUT2D eigenvalue weighted by molar-refractivity contribution is -0.122. The largest absolute Gasteiger partial charge is 0.298 e. The molecule has 0 saturated carbocycles. The average Bonchev–Trinajstić information content (AvgIpc) is 3.01. The van der Waals surface area contributed by atoms with Gasteiger partial charge in [0.1, 0.15) is 11.4 Å². The molecule has 0 radical (unpaired) electrons. The number of nitrogens with zero attached hydrogens (tertiary/aromatic N) is 3. The number of rotatable bonds is 3. The molecule has 2 aromatic carbocycles. The first-order chi connectivity index (χ1) is 14.4. The van der Waals surface area contributed by atoms with E-state index in [1.54, 1.807) is 31.2 Å². The van der Waals surface area contributed by atoms with Crippen LogP contribution in [0.4, 0.5) is 15.8 Å². The molecule has 0 aromatic heterocycles. The molecule has 0 bridgehead atoms. The van der Waals surface area contributed by atoms with E-state index in [-0.39, 0.29) is 16.6 Å². The maximum absolute atomic E-state index is 13.2.